The fraction of sp³-hybridized carbons (Fsp3) is 0.632. The molecule has 2 atom stereocenters. The maximum atomic E-state index is 13.0. The number of carbonyl (C=O) groups is 1. The summed E-state index contributed by atoms with van der Waals surface area (Å²) in [6.45, 7) is 6.65. The molecule has 0 aromatic heterocycles. The minimum Gasteiger partial charge on any atom is -0.497 e. The Morgan fingerprint density at radius 3 is 2.64 bits per heavy atom. The van der Waals surface area contributed by atoms with Crippen molar-refractivity contribution in [3.8, 4) is 5.75 Å². The van der Waals surface area contributed by atoms with E-state index in [4.69, 9.17) is 4.74 Å². The second-order valence-electron chi connectivity index (χ2n) is 6.96. The first kappa shape index (κ1) is 18.2. The van der Waals surface area contributed by atoms with E-state index in [0.29, 0.717) is 12.5 Å². The van der Waals surface area contributed by atoms with Gasteiger partial charge in [0.25, 0.3) is 0 Å². The largest absolute Gasteiger partial charge is 0.497 e. The monoisotopic (exact) mass is 346 g/mol. The molecule has 3 N–H and O–H groups in total. The Morgan fingerprint density at radius 2 is 2.00 bits per heavy atom. The lowest BCUT2D eigenvalue weighted by molar-refractivity contribution is -0.136. The SMILES string of the molecule is CCNCC1CCN(C(=O)C2CNNC2c2ccc(OC)cc2)CC1. The van der Waals surface area contributed by atoms with Crippen LogP contribution < -0.4 is 20.9 Å². The zero-order valence-corrected chi connectivity index (χ0v) is 15.3. The van der Waals surface area contributed by atoms with Gasteiger partial charge in [-0.05, 0) is 49.5 Å². The Hall–Kier alpha value is -1.63. The van der Waals surface area contributed by atoms with Crippen molar-refractivity contribution >= 4 is 5.91 Å². The minimum absolute atomic E-state index is 0.0119. The van der Waals surface area contributed by atoms with Crippen molar-refractivity contribution in [3.63, 3.8) is 0 Å². The van der Waals surface area contributed by atoms with Crippen LogP contribution in [0.4, 0.5) is 0 Å². The van der Waals surface area contributed by atoms with Crippen molar-refractivity contribution in [1.29, 1.82) is 0 Å². The molecule has 6 heteroatoms. The Kier molecular flexibility index (Phi) is 6.29. The Bertz CT molecular complexity index is 555. The minimum atomic E-state index is -0.0567. The zero-order chi connectivity index (χ0) is 17.6. The van der Waals surface area contributed by atoms with E-state index >= 15 is 0 Å². The van der Waals surface area contributed by atoms with Crippen LogP contribution in [0.1, 0.15) is 31.4 Å². The van der Waals surface area contributed by atoms with Gasteiger partial charge in [-0.25, -0.2) is 5.43 Å². The summed E-state index contributed by atoms with van der Waals surface area (Å²) < 4.78 is 5.22. The first-order valence-electron chi connectivity index (χ1n) is 9.34. The van der Waals surface area contributed by atoms with Gasteiger partial charge in [-0.1, -0.05) is 19.1 Å². The summed E-state index contributed by atoms with van der Waals surface area (Å²) in [7, 11) is 1.66. The third-order valence-electron chi connectivity index (χ3n) is 5.38. The van der Waals surface area contributed by atoms with E-state index < -0.39 is 0 Å². The first-order valence-corrected chi connectivity index (χ1v) is 9.34. The quantitative estimate of drug-likeness (QED) is 0.725. The van der Waals surface area contributed by atoms with Crippen molar-refractivity contribution in [1.82, 2.24) is 21.1 Å². The lowest BCUT2D eigenvalue weighted by Gasteiger charge is -2.34. The van der Waals surface area contributed by atoms with E-state index in [-0.39, 0.29) is 17.9 Å². The van der Waals surface area contributed by atoms with E-state index in [1.807, 2.05) is 24.3 Å². The topological polar surface area (TPSA) is 65.6 Å². The molecule has 3 rings (SSSR count). The third kappa shape index (κ3) is 4.32. The fourth-order valence-electron chi connectivity index (χ4n) is 3.79. The molecule has 0 radical (unpaired) electrons. The van der Waals surface area contributed by atoms with Crippen LogP contribution >= 0.6 is 0 Å². The van der Waals surface area contributed by atoms with E-state index in [9.17, 15) is 4.79 Å². The number of carbonyl (C=O) groups excluding carboxylic acids is 1. The molecule has 2 aliphatic heterocycles. The van der Waals surface area contributed by atoms with Crippen LogP contribution in [0.3, 0.4) is 0 Å². The molecule has 0 bridgehead atoms. The standard InChI is InChI=1S/C19H30N4O2/c1-3-20-12-14-8-10-23(11-9-14)19(24)17-13-21-22-18(17)15-4-6-16(25-2)7-5-15/h4-7,14,17-18,20-22H,3,8-13H2,1-2H3. The first-order chi connectivity index (χ1) is 12.2. The van der Waals surface area contributed by atoms with Gasteiger partial charge in [0.15, 0.2) is 0 Å². The molecule has 1 aromatic rings. The molecule has 6 nitrogen and oxygen atoms in total. The van der Waals surface area contributed by atoms with Crippen LogP contribution in [-0.2, 0) is 4.79 Å². The molecule has 2 unspecified atom stereocenters. The number of likely N-dealkylation sites (tertiary alicyclic amines) is 1. The van der Waals surface area contributed by atoms with Gasteiger partial charge in [-0.2, -0.15) is 0 Å². The molecule has 2 saturated heterocycles. The van der Waals surface area contributed by atoms with Gasteiger partial charge >= 0.3 is 0 Å². The number of hydrogen-bond donors (Lipinski definition) is 3. The molecule has 0 aliphatic carbocycles. The number of amides is 1. The summed E-state index contributed by atoms with van der Waals surface area (Å²) in [5.41, 5.74) is 7.55. The number of hydrogen-bond acceptors (Lipinski definition) is 5. The summed E-state index contributed by atoms with van der Waals surface area (Å²) in [4.78, 5) is 15.1. The Labute approximate surface area is 150 Å². The summed E-state index contributed by atoms with van der Waals surface area (Å²) in [6.07, 6.45) is 2.19. The highest BCUT2D eigenvalue weighted by molar-refractivity contribution is 5.80. The van der Waals surface area contributed by atoms with E-state index in [1.54, 1.807) is 7.11 Å². The smallest absolute Gasteiger partial charge is 0.229 e. The second kappa shape index (κ2) is 8.65. The molecule has 0 spiro atoms. The van der Waals surface area contributed by atoms with Crippen molar-refractivity contribution in [2.75, 3.05) is 39.8 Å². The average Bonchev–Trinajstić information content (AvgIpc) is 3.16. The van der Waals surface area contributed by atoms with Crippen LogP contribution in [0, 0.1) is 11.8 Å². The maximum Gasteiger partial charge on any atom is 0.229 e. The van der Waals surface area contributed by atoms with Gasteiger partial charge in [0.1, 0.15) is 5.75 Å². The number of rotatable bonds is 6. The van der Waals surface area contributed by atoms with Crippen LogP contribution in [0.25, 0.3) is 0 Å². The van der Waals surface area contributed by atoms with E-state index in [1.165, 1.54) is 0 Å². The van der Waals surface area contributed by atoms with Gasteiger partial charge in [0.05, 0.1) is 19.1 Å². The number of methoxy groups -OCH3 is 1. The number of hydrazine groups is 1. The van der Waals surface area contributed by atoms with Crippen molar-refractivity contribution in [2.45, 2.75) is 25.8 Å². The zero-order valence-electron chi connectivity index (χ0n) is 15.3. The molecule has 1 aromatic carbocycles. The molecular weight excluding hydrogens is 316 g/mol. The maximum absolute atomic E-state index is 13.0. The highest BCUT2D eigenvalue weighted by Gasteiger charge is 2.37. The van der Waals surface area contributed by atoms with Crippen LogP contribution in [-0.4, -0.2) is 50.6 Å². The normalized spacial score (nSPS) is 24.5. The van der Waals surface area contributed by atoms with Crippen molar-refractivity contribution < 1.29 is 9.53 Å². The lowest BCUT2D eigenvalue weighted by atomic mass is 9.91. The molecular formula is C19H30N4O2. The van der Waals surface area contributed by atoms with Crippen LogP contribution in [0.2, 0.25) is 0 Å². The number of ether oxygens (including phenoxy) is 1. The number of piperidine rings is 1. The Balaban J connectivity index is 1.59. The lowest BCUT2D eigenvalue weighted by Crippen LogP contribution is -2.45. The molecule has 2 aliphatic rings. The molecule has 138 valence electrons. The third-order valence-corrected chi connectivity index (χ3v) is 5.38. The van der Waals surface area contributed by atoms with Crippen molar-refractivity contribution in [3.05, 3.63) is 29.8 Å². The Morgan fingerprint density at radius 1 is 1.28 bits per heavy atom. The highest BCUT2D eigenvalue weighted by Crippen LogP contribution is 2.29. The molecule has 0 saturated carbocycles. The van der Waals surface area contributed by atoms with E-state index in [0.717, 1.165) is 50.3 Å². The molecule has 25 heavy (non-hydrogen) atoms. The predicted molar refractivity (Wildman–Crippen MR) is 98.2 cm³/mol. The second-order valence-corrected chi connectivity index (χ2v) is 6.96. The van der Waals surface area contributed by atoms with Gasteiger partial charge in [0, 0.05) is 19.6 Å². The van der Waals surface area contributed by atoms with Crippen molar-refractivity contribution in [2.24, 2.45) is 11.8 Å². The van der Waals surface area contributed by atoms with Gasteiger partial charge in [0.2, 0.25) is 5.91 Å². The van der Waals surface area contributed by atoms with E-state index in [2.05, 4.69) is 28.0 Å². The molecule has 2 heterocycles. The highest BCUT2D eigenvalue weighted by atomic mass is 16.5. The summed E-state index contributed by atoms with van der Waals surface area (Å²) >= 11 is 0. The van der Waals surface area contributed by atoms with Gasteiger partial charge < -0.3 is 15.0 Å². The molecule has 2 fully saturated rings. The summed E-state index contributed by atoms with van der Waals surface area (Å²) in [5.74, 6) is 1.74. The summed E-state index contributed by atoms with van der Waals surface area (Å²) in [6, 6.07) is 7.98. The van der Waals surface area contributed by atoms with Gasteiger partial charge in [-0.15, -0.1) is 0 Å². The predicted octanol–water partition coefficient (Wildman–Crippen LogP) is 1.31. The summed E-state index contributed by atoms with van der Waals surface area (Å²) in [5, 5.41) is 3.42. The number of benzene rings is 1. The number of nitrogens with zero attached hydrogens (tertiary/aromatic N) is 1. The van der Waals surface area contributed by atoms with Crippen LogP contribution in [0.15, 0.2) is 24.3 Å². The molecule has 1 amide bonds. The van der Waals surface area contributed by atoms with Crippen LogP contribution in [0.5, 0.6) is 5.75 Å². The number of nitrogens with one attached hydrogen (secondary N) is 3. The van der Waals surface area contributed by atoms with Gasteiger partial charge in [-0.3, -0.25) is 10.2 Å². The fourth-order valence-corrected chi connectivity index (χ4v) is 3.79. The average molecular weight is 346 g/mol.